The van der Waals surface area contributed by atoms with E-state index >= 15 is 0 Å². The van der Waals surface area contributed by atoms with Gasteiger partial charge in [-0.15, -0.1) is 11.8 Å². The number of fused-ring (bicyclic) bond motifs is 3. The number of methoxy groups -OCH3 is 1. The fourth-order valence-corrected chi connectivity index (χ4v) is 7.69. The van der Waals surface area contributed by atoms with Crippen molar-refractivity contribution in [1.82, 2.24) is 10.2 Å². The highest BCUT2D eigenvalue weighted by Crippen LogP contribution is 2.64. The summed E-state index contributed by atoms with van der Waals surface area (Å²) < 4.78 is 17.1. The Morgan fingerprint density at radius 3 is 2.36 bits per heavy atom. The number of esters is 1. The van der Waals surface area contributed by atoms with Crippen LogP contribution in [0.2, 0.25) is 0 Å². The van der Waals surface area contributed by atoms with Crippen LogP contribution in [0.15, 0.2) is 78.9 Å². The fourth-order valence-electron chi connectivity index (χ4n) is 6.00. The normalized spacial score (nSPS) is 25.4. The van der Waals surface area contributed by atoms with Crippen molar-refractivity contribution in [2.75, 3.05) is 19.5 Å². The minimum absolute atomic E-state index is 0.0601. The molecule has 4 unspecified atom stereocenters. The van der Waals surface area contributed by atoms with Gasteiger partial charge in [0.2, 0.25) is 11.8 Å². The second kappa shape index (κ2) is 11.7. The van der Waals surface area contributed by atoms with Gasteiger partial charge in [0, 0.05) is 17.6 Å². The van der Waals surface area contributed by atoms with Gasteiger partial charge in [-0.25, -0.2) is 4.79 Å². The second-order valence-corrected chi connectivity index (χ2v) is 11.9. The van der Waals surface area contributed by atoms with Crippen LogP contribution in [0.1, 0.15) is 16.7 Å². The van der Waals surface area contributed by atoms with Crippen molar-refractivity contribution in [2.24, 2.45) is 11.8 Å². The van der Waals surface area contributed by atoms with Gasteiger partial charge in [0.25, 0.3) is 0 Å². The number of carbonyl (C=O) groups is 3. The number of amides is 2. The lowest BCUT2D eigenvalue weighted by atomic mass is 9.98. The molecule has 0 spiro atoms. The third kappa shape index (κ3) is 5.09. The largest absolute Gasteiger partial charge is 0.497 e. The first-order valence-electron chi connectivity index (χ1n) is 13.9. The Hall–Kier alpha value is -4.02. The highest BCUT2D eigenvalue weighted by atomic mass is 32.2. The molecule has 1 saturated carbocycles. The number of nitrogens with one attached hydrogen (secondary N) is 1. The summed E-state index contributed by atoms with van der Waals surface area (Å²) in [6.45, 7) is 0.223. The molecule has 2 heterocycles. The molecule has 218 valence electrons. The van der Waals surface area contributed by atoms with Crippen molar-refractivity contribution < 1.29 is 33.7 Å². The monoisotopic (exact) mass is 588 g/mol. The molecule has 6 rings (SSSR count). The Morgan fingerprint density at radius 2 is 1.67 bits per heavy atom. The van der Waals surface area contributed by atoms with Crippen molar-refractivity contribution in [2.45, 2.75) is 36.6 Å². The average molecular weight is 589 g/mol. The number of benzene rings is 3. The highest BCUT2D eigenvalue weighted by Gasteiger charge is 2.81. The maximum absolute atomic E-state index is 13.8. The maximum Gasteiger partial charge on any atom is 0.333 e. The van der Waals surface area contributed by atoms with Gasteiger partial charge in [0.1, 0.15) is 29.5 Å². The fraction of sp³-hybridized carbons (Fsp3) is 0.344. The Kier molecular flexibility index (Phi) is 7.83. The minimum atomic E-state index is -1.15. The lowest BCUT2D eigenvalue weighted by Crippen LogP contribution is -2.76. The summed E-state index contributed by atoms with van der Waals surface area (Å²) in [6.07, 6.45) is 0.172. The predicted molar refractivity (Wildman–Crippen MR) is 156 cm³/mol. The van der Waals surface area contributed by atoms with E-state index in [1.54, 1.807) is 60.2 Å². The zero-order chi connectivity index (χ0) is 29.3. The van der Waals surface area contributed by atoms with E-state index in [0.29, 0.717) is 17.3 Å². The quantitative estimate of drug-likeness (QED) is 0.260. The molecule has 10 heteroatoms. The van der Waals surface area contributed by atoms with Crippen molar-refractivity contribution in [1.29, 1.82) is 0 Å². The van der Waals surface area contributed by atoms with Crippen LogP contribution in [-0.4, -0.2) is 64.2 Å². The molecule has 9 nitrogen and oxygen atoms in total. The lowest BCUT2D eigenvalue weighted by molar-refractivity contribution is -0.170. The van der Waals surface area contributed by atoms with Gasteiger partial charge in [0.15, 0.2) is 5.54 Å². The van der Waals surface area contributed by atoms with Crippen LogP contribution in [0, 0.1) is 11.8 Å². The zero-order valence-electron chi connectivity index (χ0n) is 23.1. The number of thioether (sulfide) groups is 1. The Balaban J connectivity index is 1.18. The van der Waals surface area contributed by atoms with Crippen LogP contribution in [-0.2, 0) is 38.8 Å². The van der Waals surface area contributed by atoms with Gasteiger partial charge >= 0.3 is 5.97 Å². The Morgan fingerprint density at radius 1 is 0.976 bits per heavy atom. The third-order valence-electron chi connectivity index (χ3n) is 8.31. The molecule has 5 atom stereocenters. The third-order valence-corrected chi connectivity index (χ3v) is 9.69. The van der Waals surface area contributed by atoms with Crippen LogP contribution in [0.25, 0.3) is 0 Å². The molecule has 0 aromatic heterocycles. The topological polar surface area (TPSA) is 114 Å². The van der Waals surface area contributed by atoms with Gasteiger partial charge < -0.3 is 29.5 Å². The van der Waals surface area contributed by atoms with Gasteiger partial charge in [-0.2, -0.15) is 0 Å². The first-order valence-corrected chi connectivity index (χ1v) is 14.9. The van der Waals surface area contributed by atoms with Crippen LogP contribution in [0.5, 0.6) is 11.5 Å². The van der Waals surface area contributed by atoms with Crippen LogP contribution >= 0.6 is 11.8 Å². The molecule has 0 radical (unpaired) electrons. The van der Waals surface area contributed by atoms with Gasteiger partial charge in [0.05, 0.1) is 26.7 Å². The number of aliphatic hydroxyl groups is 1. The van der Waals surface area contributed by atoms with Crippen molar-refractivity contribution in [3.05, 3.63) is 95.6 Å². The molecule has 1 aliphatic carbocycles. The SMILES string of the molecule is COc1ccc(COC(=O)[C@@]23C(COc4ccc(CO)cc4)C2CSC2C(NC(=O)Cc4ccccc4)C(=O)N23)cc1. The van der Waals surface area contributed by atoms with E-state index in [0.717, 1.165) is 16.7 Å². The molecule has 3 aromatic carbocycles. The molecular weight excluding hydrogens is 556 g/mol. The molecule has 42 heavy (non-hydrogen) atoms. The Bertz CT molecular complexity index is 1450. The number of hydrogen-bond donors (Lipinski definition) is 2. The molecular formula is C32H32N2O7S. The molecule has 2 N–H and O–H groups in total. The van der Waals surface area contributed by atoms with E-state index in [2.05, 4.69) is 5.32 Å². The zero-order valence-corrected chi connectivity index (χ0v) is 23.9. The summed E-state index contributed by atoms with van der Waals surface area (Å²) in [5, 5.41) is 11.9. The van der Waals surface area contributed by atoms with E-state index in [4.69, 9.17) is 14.2 Å². The summed E-state index contributed by atoms with van der Waals surface area (Å²) in [4.78, 5) is 41.8. The summed E-state index contributed by atoms with van der Waals surface area (Å²) >= 11 is 1.57. The molecule has 2 amide bonds. The number of β-lactam (4-membered cyclic amide) rings is 1. The first-order chi connectivity index (χ1) is 20.4. The summed E-state index contributed by atoms with van der Waals surface area (Å²) in [5.74, 6) is 0.575. The molecule has 3 aromatic rings. The Labute approximate surface area is 248 Å². The highest BCUT2D eigenvalue weighted by molar-refractivity contribution is 8.00. The minimum Gasteiger partial charge on any atom is -0.497 e. The molecule has 2 aliphatic heterocycles. The summed E-state index contributed by atoms with van der Waals surface area (Å²) in [7, 11) is 1.59. The molecule has 3 fully saturated rings. The standard InChI is InChI=1S/C32H32N2O7S/c1-39-23-11-9-22(10-12-23)17-41-31(38)32-25(18-40-24-13-7-21(16-35)8-14-24)26(32)19-42-30-28(29(37)34(30)32)33-27(36)15-20-5-3-2-4-6-20/h2-14,25-26,28,30,35H,15-19H2,1H3,(H,33,36)/t25?,26?,28?,30?,32-/m1/s1. The van der Waals surface area contributed by atoms with E-state index in [1.165, 1.54) is 0 Å². The predicted octanol–water partition coefficient (Wildman–Crippen LogP) is 2.94. The maximum atomic E-state index is 13.8. The van der Waals surface area contributed by atoms with Crippen LogP contribution in [0.3, 0.4) is 0 Å². The van der Waals surface area contributed by atoms with Crippen LogP contribution in [0.4, 0.5) is 0 Å². The number of nitrogens with zero attached hydrogens (tertiary/aromatic N) is 1. The van der Waals surface area contributed by atoms with Gasteiger partial charge in [-0.1, -0.05) is 54.6 Å². The van der Waals surface area contributed by atoms with E-state index in [9.17, 15) is 19.5 Å². The number of rotatable bonds is 11. The lowest BCUT2D eigenvalue weighted by Gasteiger charge is -2.52. The van der Waals surface area contributed by atoms with Gasteiger partial charge in [-0.3, -0.25) is 9.59 Å². The number of ether oxygens (including phenoxy) is 3. The van der Waals surface area contributed by atoms with E-state index in [1.807, 2.05) is 42.5 Å². The van der Waals surface area contributed by atoms with Crippen molar-refractivity contribution >= 4 is 29.5 Å². The molecule has 0 bridgehead atoms. The smallest absolute Gasteiger partial charge is 0.333 e. The molecule has 2 saturated heterocycles. The van der Waals surface area contributed by atoms with E-state index in [-0.39, 0.29) is 55.3 Å². The van der Waals surface area contributed by atoms with E-state index < -0.39 is 17.6 Å². The second-order valence-electron chi connectivity index (χ2n) is 10.7. The summed E-state index contributed by atoms with van der Waals surface area (Å²) in [6, 6.07) is 23.0. The van der Waals surface area contributed by atoms with Gasteiger partial charge in [-0.05, 0) is 41.0 Å². The van der Waals surface area contributed by atoms with Crippen LogP contribution < -0.4 is 14.8 Å². The summed E-state index contributed by atoms with van der Waals surface area (Å²) in [5.41, 5.74) is 1.29. The number of carbonyl (C=O) groups excluding carboxylic acids is 3. The number of hydrogen-bond acceptors (Lipinski definition) is 8. The van der Waals surface area contributed by atoms with Crippen molar-refractivity contribution in [3.63, 3.8) is 0 Å². The average Bonchev–Trinajstić information content (AvgIpc) is 3.69. The first kappa shape index (κ1) is 28.1. The number of aliphatic hydroxyl groups excluding tert-OH is 1. The molecule has 3 aliphatic rings. The van der Waals surface area contributed by atoms with Crippen molar-refractivity contribution in [3.8, 4) is 11.5 Å².